The fraction of sp³-hybridized carbons (Fsp3) is 0.294. The second-order valence-electron chi connectivity index (χ2n) is 5.53. The zero-order valence-electron chi connectivity index (χ0n) is 15.1. The van der Waals surface area contributed by atoms with E-state index in [-0.39, 0.29) is 0 Å². The van der Waals surface area contributed by atoms with Gasteiger partial charge in [0.25, 0.3) is 5.56 Å². The Morgan fingerprint density at radius 1 is 1.00 bits per heavy atom. The summed E-state index contributed by atoms with van der Waals surface area (Å²) < 4.78 is 13.0. The summed E-state index contributed by atoms with van der Waals surface area (Å²) in [7, 11) is 6.13. The van der Waals surface area contributed by atoms with Crippen LogP contribution in [0, 0.1) is 0 Å². The van der Waals surface area contributed by atoms with E-state index in [1.807, 2.05) is 6.26 Å². The highest BCUT2D eigenvalue weighted by Gasteiger charge is 2.18. The highest BCUT2D eigenvalue weighted by atomic mass is 32.2. The average Bonchev–Trinajstić information content (AvgIpc) is 2.68. The molecule has 2 aromatic heterocycles. The molecular weight excluding hydrogens is 356 g/mol. The molecule has 0 atom stereocenters. The molecule has 0 aliphatic carbocycles. The first-order valence-electron chi connectivity index (χ1n) is 7.67. The number of thioether (sulfide) groups is 1. The van der Waals surface area contributed by atoms with Crippen molar-refractivity contribution in [3.05, 3.63) is 39.0 Å². The zero-order chi connectivity index (χ0) is 19.0. The molecule has 26 heavy (non-hydrogen) atoms. The van der Waals surface area contributed by atoms with Gasteiger partial charge in [-0.2, -0.15) is 0 Å². The minimum absolute atomic E-state index is 0.294. The van der Waals surface area contributed by atoms with Gasteiger partial charge in [0.1, 0.15) is 10.4 Å². The molecule has 8 nitrogen and oxygen atoms in total. The van der Waals surface area contributed by atoms with E-state index in [0.29, 0.717) is 38.9 Å². The van der Waals surface area contributed by atoms with Crippen molar-refractivity contribution in [1.29, 1.82) is 0 Å². The minimum atomic E-state index is -0.438. The van der Waals surface area contributed by atoms with Crippen LogP contribution in [0.25, 0.3) is 22.4 Å². The van der Waals surface area contributed by atoms with Crippen molar-refractivity contribution in [3.8, 4) is 22.9 Å². The molecule has 0 unspecified atom stereocenters. The maximum atomic E-state index is 12.5. The molecule has 0 bridgehead atoms. The Balaban J connectivity index is 2.36. The third-order valence-corrected chi connectivity index (χ3v) is 4.78. The number of nitrogens with zero attached hydrogens (tertiary/aromatic N) is 4. The summed E-state index contributed by atoms with van der Waals surface area (Å²) >= 11 is 1.33. The van der Waals surface area contributed by atoms with E-state index in [2.05, 4.69) is 9.97 Å². The SMILES string of the molecule is COc1ccc(-c2nc(SC)c3c(=O)n(C)c(=O)n(C)c3n2)cc1OC. The first-order valence-corrected chi connectivity index (χ1v) is 8.89. The zero-order valence-corrected chi connectivity index (χ0v) is 15.9. The second-order valence-corrected chi connectivity index (χ2v) is 6.33. The number of aryl methyl sites for hydroxylation is 1. The van der Waals surface area contributed by atoms with Gasteiger partial charge >= 0.3 is 5.69 Å². The lowest BCUT2D eigenvalue weighted by molar-refractivity contribution is 0.355. The van der Waals surface area contributed by atoms with E-state index in [4.69, 9.17) is 9.47 Å². The summed E-state index contributed by atoms with van der Waals surface area (Å²) in [6.07, 6.45) is 1.82. The molecule has 0 saturated heterocycles. The molecule has 1 aromatic carbocycles. The molecule has 9 heteroatoms. The van der Waals surface area contributed by atoms with Gasteiger partial charge in [-0.25, -0.2) is 14.8 Å². The summed E-state index contributed by atoms with van der Waals surface area (Å²) in [5.74, 6) is 1.52. The number of fused-ring (bicyclic) bond motifs is 1. The number of hydrogen-bond acceptors (Lipinski definition) is 7. The third-order valence-electron chi connectivity index (χ3n) is 4.10. The summed E-state index contributed by atoms with van der Waals surface area (Å²) in [6.45, 7) is 0. The van der Waals surface area contributed by atoms with Crippen LogP contribution in [0.3, 0.4) is 0 Å². The summed E-state index contributed by atoms with van der Waals surface area (Å²) in [4.78, 5) is 33.8. The molecule has 0 fully saturated rings. The fourth-order valence-electron chi connectivity index (χ4n) is 2.68. The Morgan fingerprint density at radius 3 is 2.31 bits per heavy atom. The van der Waals surface area contributed by atoms with Crippen molar-refractivity contribution >= 4 is 22.8 Å². The van der Waals surface area contributed by atoms with Crippen LogP contribution >= 0.6 is 11.8 Å². The van der Waals surface area contributed by atoms with Gasteiger partial charge < -0.3 is 9.47 Å². The van der Waals surface area contributed by atoms with Crippen LogP contribution in [-0.4, -0.2) is 39.6 Å². The van der Waals surface area contributed by atoms with Gasteiger partial charge in [0.15, 0.2) is 23.0 Å². The van der Waals surface area contributed by atoms with Gasteiger partial charge in [0, 0.05) is 19.7 Å². The Hall–Kier alpha value is -2.81. The van der Waals surface area contributed by atoms with Crippen LogP contribution in [0.5, 0.6) is 11.5 Å². The predicted molar refractivity (Wildman–Crippen MR) is 100 cm³/mol. The monoisotopic (exact) mass is 374 g/mol. The number of rotatable bonds is 4. The van der Waals surface area contributed by atoms with Crippen molar-refractivity contribution in [2.24, 2.45) is 14.1 Å². The third kappa shape index (κ3) is 2.74. The van der Waals surface area contributed by atoms with Gasteiger partial charge in [-0.3, -0.25) is 13.9 Å². The van der Waals surface area contributed by atoms with Gasteiger partial charge in [-0.15, -0.1) is 11.8 Å². The summed E-state index contributed by atoms with van der Waals surface area (Å²) in [5, 5.41) is 0.835. The molecule has 0 N–H and O–H groups in total. The minimum Gasteiger partial charge on any atom is -0.493 e. The van der Waals surface area contributed by atoms with E-state index < -0.39 is 11.2 Å². The van der Waals surface area contributed by atoms with Gasteiger partial charge in [0.2, 0.25) is 0 Å². The van der Waals surface area contributed by atoms with Crippen molar-refractivity contribution in [1.82, 2.24) is 19.1 Å². The molecule has 3 aromatic rings. The normalized spacial score (nSPS) is 11.0. The van der Waals surface area contributed by atoms with Gasteiger partial charge in [-0.1, -0.05) is 0 Å². The van der Waals surface area contributed by atoms with Crippen molar-refractivity contribution in [2.75, 3.05) is 20.5 Å². The van der Waals surface area contributed by atoms with E-state index in [1.54, 1.807) is 39.5 Å². The highest BCUT2D eigenvalue weighted by Crippen LogP contribution is 2.32. The molecule has 2 heterocycles. The van der Waals surface area contributed by atoms with Gasteiger partial charge in [0.05, 0.1) is 14.2 Å². The van der Waals surface area contributed by atoms with Crippen LogP contribution in [0.1, 0.15) is 0 Å². The van der Waals surface area contributed by atoms with Crippen LogP contribution in [0.2, 0.25) is 0 Å². The van der Waals surface area contributed by atoms with E-state index in [9.17, 15) is 9.59 Å². The quantitative estimate of drug-likeness (QED) is 0.504. The van der Waals surface area contributed by atoms with Crippen molar-refractivity contribution in [2.45, 2.75) is 5.03 Å². The average molecular weight is 374 g/mol. The summed E-state index contributed by atoms with van der Waals surface area (Å²) in [6, 6.07) is 5.30. The smallest absolute Gasteiger partial charge is 0.332 e. The summed E-state index contributed by atoms with van der Waals surface area (Å²) in [5.41, 5.74) is 0.132. The van der Waals surface area contributed by atoms with Crippen LogP contribution in [-0.2, 0) is 14.1 Å². The first-order chi connectivity index (χ1) is 12.4. The van der Waals surface area contributed by atoms with E-state index in [0.717, 1.165) is 4.57 Å². The Labute approximate surface area is 153 Å². The molecular formula is C17H18N4O4S. The number of ether oxygens (including phenoxy) is 2. The van der Waals surface area contributed by atoms with Crippen LogP contribution < -0.4 is 20.7 Å². The van der Waals surface area contributed by atoms with E-state index in [1.165, 1.54) is 23.4 Å². The number of methoxy groups -OCH3 is 2. The topological polar surface area (TPSA) is 88.2 Å². The molecule has 0 radical (unpaired) electrons. The lowest BCUT2D eigenvalue weighted by Crippen LogP contribution is -2.37. The fourth-order valence-corrected chi connectivity index (χ4v) is 3.24. The molecule has 3 rings (SSSR count). The lowest BCUT2D eigenvalue weighted by Gasteiger charge is -2.12. The van der Waals surface area contributed by atoms with Crippen LogP contribution in [0.15, 0.2) is 32.8 Å². The van der Waals surface area contributed by atoms with Crippen LogP contribution in [0.4, 0.5) is 0 Å². The molecule has 0 aliphatic heterocycles. The standard InChI is InChI=1S/C17H18N4O4S/c1-20-14-12(16(22)21(2)17(20)23)15(26-5)19-13(18-14)9-6-7-10(24-3)11(8-9)25-4/h6-8H,1-5H3. The maximum absolute atomic E-state index is 12.5. The second kappa shape index (κ2) is 6.83. The van der Waals surface area contributed by atoms with E-state index >= 15 is 0 Å². The Kier molecular flexibility index (Phi) is 4.73. The lowest BCUT2D eigenvalue weighted by atomic mass is 10.2. The highest BCUT2D eigenvalue weighted by molar-refractivity contribution is 7.98. The Morgan fingerprint density at radius 2 is 1.69 bits per heavy atom. The molecule has 0 aliphatic rings. The maximum Gasteiger partial charge on any atom is 0.332 e. The van der Waals surface area contributed by atoms with Crippen molar-refractivity contribution < 1.29 is 9.47 Å². The number of benzene rings is 1. The van der Waals surface area contributed by atoms with Crippen molar-refractivity contribution in [3.63, 3.8) is 0 Å². The number of aromatic nitrogens is 4. The molecule has 0 spiro atoms. The molecule has 0 saturated carbocycles. The van der Waals surface area contributed by atoms with Gasteiger partial charge in [-0.05, 0) is 24.5 Å². The first kappa shape index (κ1) is 18.0. The molecule has 0 amide bonds. The Bertz CT molecular complexity index is 1120. The number of hydrogen-bond donors (Lipinski definition) is 0. The largest absolute Gasteiger partial charge is 0.493 e. The molecule has 136 valence electrons. The predicted octanol–water partition coefficient (Wildman–Crippen LogP) is 1.43.